The summed E-state index contributed by atoms with van der Waals surface area (Å²) in [6.07, 6.45) is 0.0689. The maximum atomic E-state index is 12.3. The average molecular weight is 334 g/mol. The van der Waals surface area contributed by atoms with Gasteiger partial charge in [-0.3, -0.25) is 4.79 Å². The van der Waals surface area contributed by atoms with Crippen LogP contribution in [0.15, 0.2) is 42.5 Å². The summed E-state index contributed by atoms with van der Waals surface area (Å²) in [5, 5.41) is 10.2. The number of halogens is 2. The van der Waals surface area contributed by atoms with Crippen LogP contribution in [0.2, 0.25) is 10.0 Å². The van der Waals surface area contributed by atoms with E-state index in [4.69, 9.17) is 27.9 Å². The fourth-order valence-corrected chi connectivity index (χ4v) is 2.64. The van der Waals surface area contributed by atoms with Crippen molar-refractivity contribution in [3.05, 3.63) is 63.6 Å². The first kappa shape index (κ1) is 16.4. The van der Waals surface area contributed by atoms with Crippen LogP contribution in [0, 0.1) is 11.3 Å². The number of hydrogen-bond donors (Lipinski definition) is 0. The van der Waals surface area contributed by atoms with Crippen molar-refractivity contribution >= 4 is 29.0 Å². The highest BCUT2D eigenvalue weighted by atomic mass is 35.5. The van der Waals surface area contributed by atoms with Crippen molar-refractivity contribution < 1.29 is 9.53 Å². The van der Waals surface area contributed by atoms with Gasteiger partial charge in [0.25, 0.3) is 0 Å². The molecule has 5 heteroatoms. The number of carbonyl (C=O) groups excluding carboxylic acids is 1. The first-order valence-electron chi connectivity index (χ1n) is 6.56. The van der Waals surface area contributed by atoms with Crippen LogP contribution in [0.25, 0.3) is 0 Å². The van der Waals surface area contributed by atoms with Crippen LogP contribution in [-0.2, 0) is 0 Å². The first-order chi connectivity index (χ1) is 10.5. The molecule has 1 unspecified atom stereocenters. The third-order valence-electron chi connectivity index (χ3n) is 3.24. The molecule has 1 atom stereocenters. The molecule has 2 aromatic carbocycles. The molecule has 0 saturated carbocycles. The second kappa shape index (κ2) is 7.31. The molecular formula is C17H13Cl2NO2. The zero-order valence-corrected chi connectivity index (χ0v) is 13.4. The zero-order valence-electron chi connectivity index (χ0n) is 11.8. The molecule has 0 amide bonds. The molecular weight excluding hydrogens is 321 g/mol. The fraction of sp³-hybridized carbons (Fsp3) is 0.176. The van der Waals surface area contributed by atoms with E-state index in [1.54, 1.807) is 49.6 Å². The smallest absolute Gasteiger partial charge is 0.164 e. The number of ether oxygens (including phenoxy) is 1. The summed E-state index contributed by atoms with van der Waals surface area (Å²) >= 11 is 11.9. The van der Waals surface area contributed by atoms with Gasteiger partial charge in [0.1, 0.15) is 5.75 Å². The standard InChI is InChI=1S/C17H13Cl2NO2/c1-22-16-4-2-11(3-5-16)17(21)8-13(10-20)12-6-14(18)9-15(19)7-12/h2-7,9,13H,8H2,1H3. The number of nitriles is 1. The number of nitrogens with zero attached hydrogens (tertiary/aromatic N) is 1. The highest BCUT2D eigenvalue weighted by Gasteiger charge is 2.18. The van der Waals surface area contributed by atoms with Gasteiger partial charge in [0, 0.05) is 22.0 Å². The molecule has 0 heterocycles. The van der Waals surface area contributed by atoms with Gasteiger partial charge in [-0.2, -0.15) is 5.26 Å². The normalized spacial score (nSPS) is 11.5. The van der Waals surface area contributed by atoms with Crippen molar-refractivity contribution in [1.82, 2.24) is 0 Å². The van der Waals surface area contributed by atoms with E-state index in [2.05, 4.69) is 6.07 Å². The van der Waals surface area contributed by atoms with Gasteiger partial charge in [-0.1, -0.05) is 23.2 Å². The number of benzene rings is 2. The van der Waals surface area contributed by atoms with Crippen molar-refractivity contribution in [3.63, 3.8) is 0 Å². The number of Topliss-reactive ketones (excluding diaryl/α,β-unsaturated/α-hetero) is 1. The van der Waals surface area contributed by atoms with Gasteiger partial charge in [-0.25, -0.2) is 0 Å². The Labute approximate surface area is 139 Å². The van der Waals surface area contributed by atoms with E-state index in [1.807, 2.05) is 0 Å². The van der Waals surface area contributed by atoms with E-state index in [0.717, 1.165) is 0 Å². The van der Waals surface area contributed by atoms with Gasteiger partial charge in [0.15, 0.2) is 5.78 Å². The van der Waals surface area contributed by atoms with Crippen LogP contribution in [0.1, 0.15) is 28.3 Å². The minimum absolute atomic E-state index is 0.0689. The average Bonchev–Trinajstić information content (AvgIpc) is 2.51. The third kappa shape index (κ3) is 4.00. The van der Waals surface area contributed by atoms with Gasteiger partial charge in [-0.15, -0.1) is 0 Å². The summed E-state index contributed by atoms with van der Waals surface area (Å²) in [6, 6.07) is 13.8. The lowest BCUT2D eigenvalue weighted by Gasteiger charge is -2.10. The summed E-state index contributed by atoms with van der Waals surface area (Å²) in [5.41, 5.74) is 1.18. The minimum Gasteiger partial charge on any atom is -0.497 e. The highest BCUT2D eigenvalue weighted by molar-refractivity contribution is 6.34. The lowest BCUT2D eigenvalue weighted by Crippen LogP contribution is -2.06. The predicted molar refractivity (Wildman–Crippen MR) is 86.8 cm³/mol. The van der Waals surface area contributed by atoms with Gasteiger partial charge < -0.3 is 4.74 Å². The Bertz CT molecular complexity index is 700. The monoisotopic (exact) mass is 333 g/mol. The SMILES string of the molecule is COc1ccc(C(=O)CC(C#N)c2cc(Cl)cc(Cl)c2)cc1. The molecule has 0 radical (unpaired) electrons. The van der Waals surface area contributed by atoms with Crippen LogP contribution in [-0.4, -0.2) is 12.9 Å². The molecule has 112 valence electrons. The molecule has 0 saturated heterocycles. The van der Waals surface area contributed by atoms with Gasteiger partial charge >= 0.3 is 0 Å². The van der Waals surface area contributed by atoms with E-state index in [1.165, 1.54) is 0 Å². The van der Waals surface area contributed by atoms with Crippen molar-refractivity contribution in [2.24, 2.45) is 0 Å². The Morgan fingerprint density at radius 2 is 1.77 bits per heavy atom. The Morgan fingerprint density at radius 3 is 2.27 bits per heavy atom. The van der Waals surface area contributed by atoms with E-state index >= 15 is 0 Å². The summed E-state index contributed by atoms with van der Waals surface area (Å²) in [5.74, 6) is -0.0360. The number of methoxy groups -OCH3 is 1. The molecule has 0 spiro atoms. The van der Waals surface area contributed by atoms with Crippen molar-refractivity contribution in [2.75, 3.05) is 7.11 Å². The molecule has 3 nitrogen and oxygen atoms in total. The largest absolute Gasteiger partial charge is 0.497 e. The maximum Gasteiger partial charge on any atom is 0.164 e. The molecule has 22 heavy (non-hydrogen) atoms. The molecule has 0 fully saturated rings. The van der Waals surface area contributed by atoms with Crippen LogP contribution in [0.5, 0.6) is 5.75 Å². The predicted octanol–water partition coefficient (Wildman–Crippen LogP) is 4.88. The second-order valence-electron chi connectivity index (χ2n) is 4.74. The lowest BCUT2D eigenvalue weighted by molar-refractivity contribution is 0.0979. The van der Waals surface area contributed by atoms with Crippen molar-refractivity contribution in [3.8, 4) is 11.8 Å². The zero-order chi connectivity index (χ0) is 16.1. The first-order valence-corrected chi connectivity index (χ1v) is 7.32. The minimum atomic E-state index is -0.592. The summed E-state index contributed by atoms with van der Waals surface area (Å²) in [7, 11) is 1.56. The number of ketones is 1. The van der Waals surface area contributed by atoms with Crippen molar-refractivity contribution in [1.29, 1.82) is 5.26 Å². The van der Waals surface area contributed by atoms with E-state index in [9.17, 15) is 10.1 Å². The Morgan fingerprint density at radius 1 is 1.18 bits per heavy atom. The van der Waals surface area contributed by atoms with E-state index in [-0.39, 0.29) is 12.2 Å². The fourth-order valence-electron chi connectivity index (χ4n) is 2.09. The Balaban J connectivity index is 2.18. The molecule has 0 bridgehead atoms. The quantitative estimate of drug-likeness (QED) is 0.732. The highest BCUT2D eigenvalue weighted by Crippen LogP contribution is 2.27. The van der Waals surface area contributed by atoms with Crippen LogP contribution >= 0.6 is 23.2 Å². The number of hydrogen-bond acceptors (Lipinski definition) is 3. The van der Waals surface area contributed by atoms with Crippen LogP contribution in [0.4, 0.5) is 0 Å². The maximum absolute atomic E-state index is 12.3. The third-order valence-corrected chi connectivity index (χ3v) is 3.68. The van der Waals surface area contributed by atoms with Crippen molar-refractivity contribution in [2.45, 2.75) is 12.3 Å². The van der Waals surface area contributed by atoms with E-state index < -0.39 is 5.92 Å². The second-order valence-corrected chi connectivity index (χ2v) is 5.61. The van der Waals surface area contributed by atoms with Gasteiger partial charge in [0.05, 0.1) is 19.1 Å². The van der Waals surface area contributed by atoms with E-state index in [0.29, 0.717) is 26.9 Å². The molecule has 0 aromatic heterocycles. The molecule has 0 aliphatic rings. The van der Waals surface area contributed by atoms with Gasteiger partial charge in [-0.05, 0) is 48.0 Å². The summed E-state index contributed by atoms with van der Waals surface area (Å²) in [6.45, 7) is 0. The van der Waals surface area contributed by atoms with Crippen LogP contribution in [0.3, 0.4) is 0 Å². The molecule has 0 aliphatic carbocycles. The molecule has 2 rings (SSSR count). The Kier molecular flexibility index (Phi) is 5.43. The molecule has 0 N–H and O–H groups in total. The molecule has 0 aliphatic heterocycles. The Hall–Kier alpha value is -2.02. The molecule has 2 aromatic rings. The number of rotatable bonds is 5. The topological polar surface area (TPSA) is 50.1 Å². The number of carbonyl (C=O) groups is 1. The summed E-state index contributed by atoms with van der Waals surface area (Å²) < 4.78 is 5.05. The van der Waals surface area contributed by atoms with Crippen LogP contribution < -0.4 is 4.74 Å². The van der Waals surface area contributed by atoms with Gasteiger partial charge in [0.2, 0.25) is 0 Å². The summed E-state index contributed by atoms with van der Waals surface area (Å²) in [4.78, 5) is 12.3. The lowest BCUT2D eigenvalue weighted by atomic mass is 9.93.